The Morgan fingerprint density at radius 1 is 1.13 bits per heavy atom. The van der Waals surface area contributed by atoms with Gasteiger partial charge in [-0.05, 0) is 43.5 Å². The minimum Gasteiger partial charge on any atom is -0.497 e. The van der Waals surface area contributed by atoms with Crippen LogP contribution in [0, 0.1) is 10.1 Å². The first kappa shape index (κ1) is 28.9. The molecule has 1 aliphatic carbocycles. The van der Waals surface area contributed by atoms with Gasteiger partial charge in [0.25, 0.3) is 5.69 Å². The predicted octanol–water partition coefficient (Wildman–Crippen LogP) is 3.24. The fourth-order valence-electron chi connectivity index (χ4n) is 4.45. The number of methoxy groups -OCH3 is 1. The molecule has 3 rings (SSSR count). The summed E-state index contributed by atoms with van der Waals surface area (Å²) in [6.07, 6.45) is 5.86. The fraction of sp³-hybridized carbons (Fsp3) is 0.462. The molecule has 0 radical (unpaired) electrons. The molecular weight excluding hydrogens is 512 g/mol. The monoisotopic (exact) mass is 546 g/mol. The van der Waals surface area contributed by atoms with Gasteiger partial charge in [0.05, 0.1) is 24.0 Å². The molecule has 0 heterocycles. The molecule has 1 atom stereocenters. The van der Waals surface area contributed by atoms with Crippen molar-refractivity contribution < 1.29 is 27.7 Å². The summed E-state index contributed by atoms with van der Waals surface area (Å²) in [7, 11) is -2.46. The summed E-state index contributed by atoms with van der Waals surface area (Å²) in [5.74, 6) is -0.312. The van der Waals surface area contributed by atoms with Crippen molar-refractivity contribution in [1.29, 1.82) is 0 Å². The average Bonchev–Trinajstić information content (AvgIpc) is 2.90. The summed E-state index contributed by atoms with van der Waals surface area (Å²) in [5, 5.41) is 14.3. The van der Waals surface area contributed by atoms with E-state index in [-0.39, 0.29) is 29.9 Å². The smallest absolute Gasteiger partial charge is 0.271 e. The van der Waals surface area contributed by atoms with E-state index in [4.69, 9.17) is 4.74 Å². The number of sulfonamides is 1. The van der Waals surface area contributed by atoms with Crippen LogP contribution in [0.2, 0.25) is 0 Å². The van der Waals surface area contributed by atoms with Gasteiger partial charge in [0.2, 0.25) is 21.8 Å². The highest BCUT2D eigenvalue weighted by Gasteiger charge is 2.31. The largest absolute Gasteiger partial charge is 0.497 e. The minimum atomic E-state index is -3.99. The van der Waals surface area contributed by atoms with Gasteiger partial charge in [-0.15, -0.1) is 0 Å². The number of ether oxygens (including phenoxy) is 1. The third kappa shape index (κ3) is 7.67. The zero-order valence-corrected chi connectivity index (χ0v) is 22.6. The number of hydrogen-bond donors (Lipinski definition) is 1. The van der Waals surface area contributed by atoms with Gasteiger partial charge < -0.3 is 15.0 Å². The minimum absolute atomic E-state index is 0.0150. The van der Waals surface area contributed by atoms with Crippen molar-refractivity contribution in [2.75, 3.05) is 24.2 Å². The highest BCUT2D eigenvalue weighted by Crippen LogP contribution is 2.24. The molecule has 12 heteroatoms. The normalized spacial score (nSPS) is 14.8. The highest BCUT2D eigenvalue weighted by atomic mass is 32.2. The Kier molecular flexibility index (Phi) is 9.67. The van der Waals surface area contributed by atoms with Gasteiger partial charge in [-0.25, -0.2) is 8.42 Å². The topological polar surface area (TPSA) is 139 Å². The Hall–Kier alpha value is -3.67. The van der Waals surface area contributed by atoms with Crippen LogP contribution in [0.15, 0.2) is 48.5 Å². The Morgan fingerprint density at radius 3 is 2.37 bits per heavy atom. The molecule has 0 aliphatic heterocycles. The molecule has 38 heavy (non-hydrogen) atoms. The number of nitrogens with one attached hydrogen (secondary N) is 1. The first-order valence-corrected chi connectivity index (χ1v) is 14.3. The van der Waals surface area contributed by atoms with Crippen LogP contribution in [0.1, 0.15) is 44.6 Å². The quantitative estimate of drug-likeness (QED) is 0.337. The summed E-state index contributed by atoms with van der Waals surface area (Å²) in [5.41, 5.74) is 0.399. The first-order valence-electron chi connectivity index (χ1n) is 12.4. The number of benzene rings is 2. The van der Waals surface area contributed by atoms with Crippen LogP contribution in [-0.2, 0) is 26.2 Å². The first-order chi connectivity index (χ1) is 18.0. The van der Waals surface area contributed by atoms with E-state index in [0.29, 0.717) is 5.75 Å². The van der Waals surface area contributed by atoms with Crippen molar-refractivity contribution in [2.24, 2.45) is 0 Å². The summed E-state index contributed by atoms with van der Waals surface area (Å²) in [6, 6.07) is 11.2. The Balaban J connectivity index is 1.89. The lowest BCUT2D eigenvalue weighted by Crippen LogP contribution is -2.52. The van der Waals surface area contributed by atoms with Crippen LogP contribution in [0.5, 0.6) is 5.75 Å². The van der Waals surface area contributed by atoms with Crippen molar-refractivity contribution >= 4 is 33.2 Å². The molecule has 0 saturated heterocycles. The molecule has 206 valence electrons. The molecule has 2 amide bonds. The second-order valence-corrected chi connectivity index (χ2v) is 11.3. The van der Waals surface area contributed by atoms with Crippen LogP contribution in [0.3, 0.4) is 0 Å². The molecule has 0 aromatic heterocycles. The number of non-ortho nitro benzene ring substituents is 1. The molecule has 0 bridgehead atoms. The zero-order valence-electron chi connectivity index (χ0n) is 21.8. The molecular formula is C26H34N4O7S. The maximum atomic E-state index is 13.6. The van der Waals surface area contributed by atoms with Crippen molar-refractivity contribution in [1.82, 2.24) is 10.2 Å². The van der Waals surface area contributed by atoms with Gasteiger partial charge in [0.15, 0.2) is 0 Å². The van der Waals surface area contributed by atoms with Gasteiger partial charge in [0, 0.05) is 24.7 Å². The number of rotatable bonds is 11. The van der Waals surface area contributed by atoms with Crippen LogP contribution >= 0.6 is 0 Å². The number of carbonyl (C=O) groups excluding carboxylic acids is 2. The van der Waals surface area contributed by atoms with Crippen LogP contribution < -0.4 is 14.4 Å². The van der Waals surface area contributed by atoms with E-state index >= 15 is 0 Å². The molecule has 11 nitrogen and oxygen atoms in total. The molecule has 1 fully saturated rings. The second-order valence-electron chi connectivity index (χ2n) is 9.44. The van der Waals surface area contributed by atoms with Crippen LogP contribution in [0.25, 0.3) is 0 Å². The summed E-state index contributed by atoms with van der Waals surface area (Å²) >= 11 is 0. The van der Waals surface area contributed by atoms with Gasteiger partial charge in [-0.2, -0.15) is 0 Å². The molecule has 2 aromatic rings. The van der Waals surface area contributed by atoms with E-state index in [1.807, 2.05) is 0 Å². The number of carbonyl (C=O) groups is 2. The average molecular weight is 547 g/mol. The maximum Gasteiger partial charge on any atom is 0.271 e. The number of hydrogen-bond acceptors (Lipinski definition) is 7. The SMILES string of the molecule is COc1ccc(CN(C(=O)CN(c2cccc([N+](=O)[O-])c2)S(C)(=O)=O)[C@H](C)C(=O)NC2CCCCC2)cc1. The van der Waals surface area contributed by atoms with Gasteiger partial charge in [-0.1, -0.05) is 37.5 Å². The van der Waals surface area contributed by atoms with E-state index < -0.39 is 33.4 Å². The maximum absolute atomic E-state index is 13.6. The van der Waals surface area contributed by atoms with Crippen LogP contribution in [0.4, 0.5) is 11.4 Å². The van der Waals surface area contributed by atoms with Gasteiger partial charge in [0.1, 0.15) is 18.3 Å². The Morgan fingerprint density at radius 2 is 1.79 bits per heavy atom. The summed E-state index contributed by atoms with van der Waals surface area (Å²) < 4.78 is 31.3. The van der Waals surface area contributed by atoms with E-state index in [9.17, 15) is 28.1 Å². The molecule has 0 unspecified atom stereocenters. The molecule has 1 aliphatic rings. The Labute approximate surface area is 223 Å². The second kappa shape index (κ2) is 12.7. The lowest BCUT2D eigenvalue weighted by Gasteiger charge is -2.33. The van der Waals surface area contributed by atoms with Gasteiger partial charge in [-0.3, -0.25) is 24.0 Å². The van der Waals surface area contributed by atoms with E-state index in [1.165, 1.54) is 30.2 Å². The Bertz CT molecular complexity index is 1240. The number of amides is 2. The predicted molar refractivity (Wildman–Crippen MR) is 143 cm³/mol. The molecule has 1 N–H and O–H groups in total. The third-order valence-corrected chi connectivity index (χ3v) is 7.78. The molecule has 0 spiro atoms. The number of anilines is 1. The van der Waals surface area contributed by atoms with Crippen molar-refractivity contribution in [3.8, 4) is 5.75 Å². The lowest BCUT2D eigenvalue weighted by atomic mass is 9.95. The van der Waals surface area contributed by atoms with Crippen LogP contribution in [-0.4, -0.2) is 62.0 Å². The lowest BCUT2D eigenvalue weighted by molar-refractivity contribution is -0.384. The third-order valence-electron chi connectivity index (χ3n) is 6.64. The highest BCUT2D eigenvalue weighted by molar-refractivity contribution is 7.92. The summed E-state index contributed by atoms with van der Waals surface area (Å²) in [6.45, 7) is 1.03. The van der Waals surface area contributed by atoms with Crippen molar-refractivity contribution in [3.05, 3.63) is 64.2 Å². The molecule has 1 saturated carbocycles. The van der Waals surface area contributed by atoms with E-state index in [0.717, 1.165) is 54.3 Å². The van der Waals surface area contributed by atoms with Crippen molar-refractivity contribution in [3.63, 3.8) is 0 Å². The molecule has 2 aromatic carbocycles. The van der Waals surface area contributed by atoms with E-state index in [2.05, 4.69) is 5.32 Å². The number of nitrogens with zero attached hydrogens (tertiary/aromatic N) is 3. The summed E-state index contributed by atoms with van der Waals surface area (Å²) in [4.78, 5) is 38.8. The van der Waals surface area contributed by atoms with Crippen molar-refractivity contribution in [2.45, 2.75) is 57.7 Å². The van der Waals surface area contributed by atoms with E-state index in [1.54, 1.807) is 31.2 Å². The zero-order chi connectivity index (χ0) is 27.9. The fourth-order valence-corrected chi connectivity index (χ4v) is 5.30. The number of nitro benzene ring substituents is 1. The van der Waals surface area contributed by atoms with Gasteiger partial charge >= 0.3 is 0 Å². The standard InChI is InChI=1S/C26H34N4O7S/c1-19(26(32)27-21-8-5-4-6-9-21)28(17-20-12-14-24(37-2)15-13-20)25(31)18-29(38(3,35)36)22-10-7-11-23(16-22)30(33)34/h7,10-16,19,21H,4-6,8-9,17-18H2,1-3H3,(H,27,32)/t19-/m1/s1. The number of nitro groups is 1.